The van der Waals surface area contributed by atoms with Crippen LogP contribution in [0.2, 0.25) is 0 Å². The van der Waals surface area contributed by atoms with Crippen molar-refractivity contribution in [2.24, 2.45) is 5.92 Å². The summed E-state index contributed by atoms with van der Waals surface area (Å²) in [6.07, 6.45) is 0.160. The number of carbonyl (C=O) groups is 1. The molecule has 2 saturated heterocycles. The van der Waals surface area contributed by atoms with Gasteiger partial charge in [0.1, 0.15) is 5.82 Å². The molecule has 0 aliphatic carbocycles. The van der Waals surface area contributed by atoms with Crippen LogP contribution in [0.25, 0.3) is 11.1 Å². The topological polar surface area (TPSA) is 59.0 Å². The van der Waals surface area contributed by atoms with Gasteiger partial charge in [-0.2, -0.15) is 0 Å². The van der Waals surface area contributed by atoms with Gasteiger partial charge in [0.2, 0.25) is 5.91 Å². The first-order valence-electron chi connectivity index (χ1n) is 14.9. The van der Waals surface area contributed by atoms with Gasteiger partial charge in [0.05, 0.1) is 29.3 Å². The summed E-state index contributed by atoms with van der Waals surface area (Å²) in [5.41, 5.74) is 4.81. The summed E-state index contributed by atoms with van der Waals surface area (Å²) in [4.78, 5) is 15.3. The van der Waals surface area contributed by atoms with Crippen LogP contribution >= 0.6 is 0 Å². The average molecular weight is 578 g/mol. The Kier molecular flexibility index (Phi) is 7.75. The Morgan fingerprint density at radius 3 is 2.14 bits per heavy atom. The molecule has 2 fully saturated rings. The Balaban J connectivity index is 1.23. The van der Waals surface area contributed by atoms with E-state index in [2.05, 4.69) is 64.1 Å². The summed E-state index contributed by atoms with van der Waals surface area (Å²) in [5, 5.41) is 10.8. The molecule has 5 nitrogen and oxygen atoms in total. The van der Waals surface area contributed by atoms with Gasteiger partial charge >= 0.3 is 7.12 Å². The standard InChI is InChI=1S/C36H37BFNO4/c1-35(2)36(3,4)43-37(42-35)28-10-8-9-27(23-28)24-13-15-26(16-14-24)33-31(34(41)39(33)30-11-6-5-7-12-30)21-22-32(40)25-17-19-29(38)20-18-25/h5-20,23,31-33,40H,21-22H2,1-4H3/t31-,32+,33-/m1/s1. The van der Waals surface area contributed by atoms with Crippen molar-refractivity contribution < 1.29 is 23.6 Å². The molecule has 1 N–H and O–H groups in total. The van der Waals surface area contributed by atoms with Crippen molar-refractivity contribution in [1.29, 1.82) is 0 Å². The van der Waals surface area contributed by atoms with Crippen LogP contribution in [-0.2, 0) is 14.1 Å². The Morgan fingerprint density at radius 2 is 1.49 bits per heavy atom. The van der Waals surface area contributed by atoms with E-state index in [-0.39, 0.29) is 23.7 Å². The summed E-state index contributed by atoms with van der Waals surface area (Å²) in [7, 11) is -0.435. The fraction of sp³-hybridized carbons (Fsp3) is 0.306. The van der Waals surface area contributed by atoms with Crippen LogP contribution < -0.4 is 10.4 Å². The largest absolute Gasteiger partial charge is 0.494 e. The van der Waals surface area contributed by atoms with E-state index in [9.17, 15) is 14.3 Å². The number of hydrogen-bond acceptors (Lipinski definition) is 4. The number of carbonyl (C=O) groups excluding carboxylic acids is 1. The summed E-state index contributed by atoms with van der Waals surface area (Å²) in [6.45, 7) is 8.21. The smallest absolute Gasteiger partial charge is 0.399 e. The number of nitrogens with zero attached hydrogens (tertiary/aromatic N) is 1. The first-order chi connectivity index (χ1) is 20.5. The second-order valence-electron chi connectivity index (χ2n) is 12.6. The minimum Gasteiger partial charge on any atom is -0.399 e. The number of β-lactam (4-membered cyclic amide) rings is 1. The molecule has 4 aromatic rings. The Bertz CT molecular complexity index is 1570. The highest BCUT2D eigenvalue weighted by Crippen LogP contribution is 2.46. The lowest BCUT2D eigenvalue weighted by molar-refractivity contribution is -0.131. The van der Waals surface area contributed by atoms with Crippen molar-refractivity contribution in [2.45, 2.75) is 63.9 Å². The van der Waals surface area contributed by atoms with Crippen LogP contribution in [0.15, 0.2) is 103 Å². The van der Waals surface area contributed by atoms with Crippen LogP contribution in [0.3, 0.4) is 0 Å². The molecule has 0 radical (unpaired) electrons. The maximum absolute atomic E-state index is 13.5. The number of halogens is 1. The summed E-state index contributed by atoms with van der Waals surface area (Å²) in [5.74, 6) is -0.568. The quantitative estimate of drug-likeness (QED) is 0.181. The number of anilines is 1. The number of benzene rings is 4. The number of aliphatic hydroxyl groups excluding tert-OH is 1. The SMILES string of the molecule is CC1(C)OB(c2cccc(-c3ccc([C@@H]4[C@@H](CC[C@H](O)c5ccc(F)cc5)C(=O)N4c4ccccc4)cc3)c2)OC1(C)C. The molecule has 7 heteroatoms. The van der Waals surface area contributed by atoms with Gasteiger partial charge in [-0.25, -0.2) is 4.39 Å². The van der Waals surface area contributed by atoms with E-state index in [1.54, 1.807) is 12.1 Å². The predicted octanol–water partition coefficient (Wildman–Crippen LogP) is 7.01. The zero-order valence-electron chi connectivity index (χ0n) is 25.0. The molecular formula is C36H37BFNO4. The van der Waals surface area contributed by atoms with Gasteiger partial charge in [-0.3, -0.25) is 4.79 Å². The molecule has 0 unspecified atom stereocenters. The average Bonchev–Trinajstić information content (AvgIpc) is 3.23. The number of para-hydroxylation sites is 1. The zero-order valence-corrected chi connectivity index (χ0v) is 25.0. The maximum atomic E-state index is 13.5. The second-order valence-corrected chi connectivity index (χ2v) is 12.6. The number of rotatable bonds is 8. The lowest BCUT2D eigenvalue weighted by Crippen LogP contribution is -2.55. The second kappa shape index (κ2) is 11.4. The van der Waals surface area contributed by atoms with Gasteiger partial charge in [0.15, 0.2) is 0 Å². The van der Waals surface area contributed by atoms with Crippen LogP contribution in [-0.4, -0.2) is 29.3 Å². The van der Waals surface area contributed by atoms with Gasteiger partial charge in [-0.15, -0.1) is 0 Å². The fourth-order valence-corrected chi connectivity index (χ4v) is 5.99. The van der Waals surface area contributed by atoms with E-state index < -0.39 is 24.4 Å². The van der Waals surface area contributed by atoms with Crippen molar-refractivity contribution in [3.05, 3.63) is 120 Å². The molecule has 2 heterocycles. The summed E-state index contributed by atoms with van der Waals surface area (Å²) < 4.78 is 25.9. The molecule has 3 atom stereocenters. The lowest BCUT2D eigenvalue weighted by Gasteiger charge is -2.48. The normalized spacial score (nSPS) is 21.5. The maximum Gasteiger partial charge on any atom is 0.494 e. The highest BCUT2D eigenvalue weighted by atomic mass is 19.1. The zero-order chi connectivity index (χ0) is 30.4. The first kappa shape index (κ1) is 29.3. The van der Waals surface area contributed by atoms with E-state index in [1.807, 2.05) is 47.4 Å². The highest BCUT2D eigenvalue weighted by Gasteiger charge is 2.52. The van der Waals surface area contributed by atoms with Gasteiger partial charge in [-0.05, 0) is 92.5 Å². The summed E-state index contributed by atoms with van der Waals surface area (Å²) in [6, 6.07) is 32.0. The van der Waals surface area contributed by atoms with Crippen molar-refractivity contribution in [1.82, 2.24) is 0 Å². The van der Waals surface area contributed by atoms with Crippen LogP contribution in [0.4, 0.5) is 10.1 Å². The van der Waals surface area contributed by atoms with Gasteiger partial charge in [0, 0.05) is 5.69 Å². The predicted molar refractivity (Wildman–Crippen MR) is 168 cm³/mol. The third-order valence-corrected chi connectivity index (χ3v) is 9.25. The lowest BCUT2D eigenvalue weighted by atomic mass is 9.77. The monoisotopic (exact) mass is 577 g/mol. The van der Waals surface area contributed by atoms with Crippen molar-refractivity contribution in [3.63, 3.8) is 0 Å². The van der Waals surface area contributed by atoms with E-state index in [0.717, 1.165) is 27.8 Å². The third-order valence-electron chi connectivity index (χ3n) is 9.25. The molecule has 2 aliphatic heterocycles. The van der Waals surface area contributed by atoms with E-state index in [1.165, 1.54) is 12.1 Å². The van der Waals surface area contributed by atoms with Crippen molar-refractivity contribution in [3.8, 4) is 11.1 Å². The number of hydrogen-bond donors (Lipinski definition) is 1. The van der Waals surface area contributed by atoms with Crippen LogP contribution in [0, 0.1) is 11.7 Å². The third kappa shape index (κ3) is 5.65. The fourth-order valence-electron chi connectivity index (χ4n) is 5.99. The molecule has 0 saturated carbocycles. The molecular weight excluding hydrogens is 540 g/mol. The Morgan fingerprint density at radius 1 is 0.837 bits per heavy atom. The minimum absolute atomic E-state index is 0.0432. The Labute approximate surface area is 253 Å². The molecule has 43 heavy (non-hydrogen) atoms. The Hall–Kier alpha value is -3.78. The number of aliphatic hydroxyl groups is 1. The molecule has 4 aromatic carbocycles. The van der Waals surface area contributed by atoms with Crippen LogP contribution in [0.5, 0.6) is 0 Å². The number of amides is 1. The van der Waals surface area contributed by atoms with Crippen molar-refractivity contribution >= 4 is 24.2 Å². The highest BCUT2D eigenvalue weighted by molar-refractivity contribution is 6.62. The van der Waals surface area contributed by atoms with Gasteiger partial charge in [0.25, 0.3) is 0 Å². The van der Waals surface area contributed by atoms with Crippen LogP contribution in [0.1, 0.15) is 63.8 Å². The molecule has 2 aliphatic rings. The van der Waals surface area contributed by atoms with Crippen molar-refractivity contribution in [2.75, 3.05) is 4.90 Å². The minimum atomic E-state index is -0.765. The molecule has 1 amide bonds. The van der Waals surface area contributed by atoms with E-state index in [4.69, 9.17) is 9.31 Å². The van der Waals surface area contributed by atoms with E-state index in [0.29, 0.717) is 18.4 Å². The molecule has 0 bridgehead atoms. The molecule has 6 rings (SSSR count). The van der Waals surface area contributed by atoms with Gasteiger partial charge in [-0.1, -0.05) is 78.9 Å². The molecule has 220 valence electrons. The van der Waals surface area contributed by atoms with E-state index >= 15 is 0 Å². The van der Waals surface area contributed by atoms with Gasteiger partial charge < -0.3 is 19.3 Å². The first-order valence-corrected chi connectivity index (χ1v) is 14.9. The summed E-state index contributed by atoms with van der Waals surface area (Å²) >= 11 is 0. The molecule has 0 aromatic heterocycles. The molecule has 0 spiro atoms.